The Hall–Kier alpha value is -2.28. The molecule has 1 aliphatic carbocycles. The van der Waals surface area contributed by atoms with Crippen molar-refractivity contribution in [3.05, 3.63) is 39.7 Å². The third-order valence-electron chi connectivity index (χ3n) is 4.83. The third kappa shape index (κ3) is 3.23. The zero-order valence-corrected chi connectivity index (χ0v) is 16.3. The van der Waals surface area contributed by atoms with E-state index in [1.807, 2.05) is 34.5 Å². The van der Waals surface area contributed by atoms with Gasteiger partial charge in [0.2, 0.25) is 5.95 Å². The summed E-state index contributed by atoms with van der Waals surface area (Å²) in [5.74, 6) is 0.661. The molecule has 0 amide bonds. The highest BCUT2D eigenvalue weighted by atomic mass is 32.1. The first-order valence-corrected chi connectivity index (χ1v) is 10.1. The molecule has 3 aromatic heterocycles. The first-order chi connectivity index (χ1) is 12.7. The van der Waals surface area contributed by atoms with Crippen molar-refractivity contribution in [1.29, 1.82) is 0 Å². The number of thiazole rings is 1. The Morgan fingerprint density at radius 2 is 2.19 bits per heavy atom. The molecule has 3 heterocycles. The van der Waals surface area contributed by atoms with Crippen LogP contribution in [0, 0.1) is 13.8 Å². The first-order valence-electron chi connectivity index (χ1n) is 9.24. The van der Waals surface area contributed by atoms with Gasteiger partial charge >= 0.3 is 0 Å². The predicted octanol–water partition coefficient (Wildman–Crippen LogP) is 4.31. The molecule has 0 aliphatic heterocycles. The van der Waals surface area contributed by atoms with Crippen LogP contribution < -0.4 is 5.32 Å². The fourth-order valence-corrected chi connectivity index (χ4v) is 4.59. The summed E-state index contributed by atoms with van der Waals surface area (Å²) in [4.78, 5) is 15.3. The molecule has 0 saturated heterocycles. The second-order valence-corrected chi connectivity index (χ2v) is 8.05. The number of aromatic nitrogens is 5. The minimum atomic E-state index is 0.197. The van der Waals surface area contributed by atoms with Crippen molar-refractivity contribution in [2.45, 2.75) is 59.0 Å². The molecule has 3 aromatic rings. The molecule has 0 bridgehead atoms. The van der Waals surface area contributed by atoms with E-state index in [-0.39, 0.29) is 6.04 Å². The quantitative estimate of drug-likeness (QED) is 0.727. The molecule has 0 fully saturated rings. The molecule has 136 valence electrons. The molecule has 0 radical (unpaired) electrons. The topological polar surface area (TPSA) is 68.5 Å². The van der Waals surface area contributed by atoms with Crippen molar-refractivity contribution in [1.82, 2.24) is 24.7 Å². The van der Waals surface area contributed by atoms with Gasteiger partial charge in [-0.1, -0.05) is 6.92 Å². The van der Waals surface area contributed by atoms with Crippen LogP contribution in [-0.4, -0.2) is 24.7 Å². The molecule has 1 atom stereocenters. The molecule has 0 unspecified atom stereocenters. The summed E-state index contributed by atoms with van der Waals surface area (Å²) in [6, 6.07) is 2.15. The van der Waals surface area contributed by atoms with Crippen molar-refractivity contribution in [3.63, 3.8) is 0 Å². The molecule has 0 aromatic carbocycles. The largest absolute Gasteiger partial charge is 0.346 e. The first kappa shape index (κ1) is 17.1. The highest BCUT2D eigenvalue weighted by Crippen LogP contribution is 2.34. The Bertz CT molecular complexity index is 913. The molecule has 1 N–H and O–H groups in total. The van der Waals surface area contributed by atoms with Gasteiger partial charge in [0.25, 0.3) is 0 Å². The molecular weight excluding hydrogens is 344 g/mol. The molecule has 7 heteroatoms. The molecule has 0 saturated carbocycles. The monoisotopic (exact) mass is 368 g/mol. The molecule has 4 rings (SSSR count). The number of nitrogens with one attached hydrogen (secondary N) is 1. The lowest BCUT2D eigenvalue weighted by molar-refractivity contribution is 0.587. The Balaban J connectivity index is 1.59. The van der Waals surface area contributed by atoms with E-state index in [1.54, 1.807) is 0 Å². The van der Waals surface area contributed by atoms with E-state index in [0.29, 0.717) is 5.95 Å². The molecule has 0 spiro atoms. The highest BCUT2D eigenvalue weighted by molar-refractivity contribution is 7.11. The SMILES string of the molecule is CCCn1ncc(-c2ccnc(N[C@H]3CCCc4sc(C)nc43)n2)c1C. The Morgan fingerprint density at radius 3 is 3.04 bits per heavy atom. The number of nitrogens with zero attached hydrogens (tertiary/aromatic N) is 5. The number of fused-ring (bicyclic) bond motifs is 1. The van der Waals surface area contributed by atoms with Crippen molar-refractivity contribution in [2.24, 2.45) is 0 Å². The fourth-order valence-electron chi connectivity index (χ4n) is 3.55. The number of aryl methyl sites for hydroxylation is 3. The average Bonchev–Trinajstić information content (AvgIpc) is 3.19. The maximum Gasteiger partial charge on any atom is 0.223 e. The van der Waals surface area contributed by atoms with Gasteiger partial charge in [-0.25, -0.2) is 15.0 Å². The molecule has 1 aliphatic rings. The maximum absolute atomic E-state index is 4.75. The van der Waals surface area contributed by atoms with Gasteiger partial charge in [0.15, 0.2) is 0 Å². The van der Waals surface area contributed by atoms with Gasteiger partial charge < -0.3 is 5.32 Å². The van der Waals surface area contributed by atoms with Crippen molar-refractivity contribution in [3.8, 4) is 11.3 Å². The van der Waals surface area contributed by atoms with Crippen LogP contribution in [0.2, 0.25) is 0 Å². The van der Waals surface area contributed by atoms with Crippen LogP contribution in [0.5, 0.6) is 0 Å². The second kappa shape index (κ2) is 7.15. The summed E-state index contributed by atoms with van der Waals surface area (Å²) in [5, 5.41) is 9.13. The Labute approximate surface area is 157 Å². The molecular formula is C19H24N6S. The van der Waals surface area contributed by atoms with E-state index < -0.39 is 0 Å². The van der Waals surface area contributed by atoms with Crippen LogP contribution in [-0.2, 0) is 13.0 Å². The summed E-state index contributed by atoms with van der Waals surface area (Å²) < 4.78 is 2.04. The van der Waals surface area contributed by atoms with Crippen LogP contribution in [0.3, 0.4) is 0 Å². The van der Waals surface area contributed by atoms with Gasteiger partial charge in [-0.3, -0.25) is 4.68 Å². The van der Waals surface area contributed by atoms with Crippen LogP contribution in [0.25, 0.3) is 11.3 Å². The number of rotatable bonds is 5. The van der Waals surface area contributed by atoms with Gasteiger partial charge in [-0.05, 0) is 45.6 Å². The summed E-state index contributed by atoms with van der Waals surface area (Å²) in [5.41, 5.74) is 4.30. The third-order valence-corrected chi connectivity index (χ3v) is 5.88. The standard InChI is InChI=1S/C19H24N6S/c1-4-10-25-12(2)14(11-21-25)15-8-9-20-19(23-15)24-16-6-5-7-17-18(16)22-13(3)26-17/h8-9,11,16H,4-7,10H2,1-3H3,(H,20,23,24)/t16-/m0/s1. The normalized spacial score (nSPS) is 16.5. The predicted molar refractivity (Wildman–Crippen MR) is 104 cm³/mol. The van der Waals surface area contributed by atoms with Gasteiger partial charge in [0.05, 0.1) is 28.6 Å². The lowest BCUT2D eigenvalue weighted by Crippen LogP contribution is -2.18. The molecule has 6 nitrogen and oxygen atoms in total. The van der Waals surface area contributed by atoms with Crippen molar-refractivity contribution in [2.75, 3.05) is 5.32 Å². The summed E-state index contributed by atoms with van der Waals surface area (Å²) >= 11 is 1.81. The van der Waals surface area contributed by atoms with Crippen molar-refractivity contribution >= 4 is 17.3 Å². The van der Waals surface area contributed by atoms with E-state index in [0.717, 1.165) is 47.8 Å². The van der Waals surface area contributed by atoms with E-state index in [4.69, 9.17) is 9.97 Å². The van der Waals surface area contributed by atoms with Crippen LogP contribution in [0.4, 0.5) is 5.95 Å². The number of hydrogen-bond donors (Lipinski definition) is 1. The fraction of sp³-hybridized carbons (Fsp3) is 0.474. The number of hydrogen-bond acceptors (Lipinski definition) is 6. The summed E-state index contributed by atoms with van der Waals surface area (Å²) in [7, 11) is 0. The van der Waals surface area contributed by atoms with Gasteiger partial charge in [0.1, 0.15) is 0 Å². The zero-order chi connectivity index (χ0) is 18.1. The Morgan fingerprint density at radius 1 is 1.31 bits per heavy atom. The number of anilines is 1. The van der Waals surface area contributed by atoms with E-state index >= 15 is 0 Å². The van der Waals surface area contributed by atoms with E-state index in [9.17, 15) is 0 Å². The van der Waals surface area contributed by atoms with E-state index in [2.05, 4.69) is 36.2 Å². The summed E-state index contributed by atoms with van der Waals surface area (Å²) in [6.07, 6.45) is 8.16. The lowest BCUT2D eigenvalue weighted by atomic mass is 9.98. The van der Waals surface area contributed by atoms with Gasteiger partial charge in [-0.2, -0.15) is 5.10 Å². The van der Waals surface area contributed by atoms with Crippen LogP contribution in [0.15, 0.2) is 18.5 Å². The van der Waals surface area contributed by atoms with Crippen LogP contribution >= 0.6 is 11.3 Å². The Kier molecular flexibility index (Phi) is 4.72. The zero-order valence-electron chi connectivity index (χ0n) is 15.5. The summed E-state index contributed by atoms with van der Waals surface area (Å²) in [6.45, 7) is 7.26. The van der Waals surface area contributed by atoms with Crippen molar-refractivity contribution < 1.29 is 0 Å². The maximum atomic E-state index is 4.75. The molecule has 26 heavy (non-hydrogen) atoms. The van der Waals surface area contributed by atoms with Gasteiger partial charge in [0, 0.05) is 28.9 Å². The minimum Gasteiger partial charge on any atom is -0.346 e. The smallest absolute Gasteiger partial charge is 0.223 e. The average molecular weight is 369 g/mol. The minimum absolute atomic E-state index is 0.197. The second-order valence-electron chi connectivity index (χ2n) is 6.76. The van der Waals surface area contributed by atoms with Crippen LogP contribution in [0.1, 0.15) is 53.5 Å². The van der Waals surface area contributed by atoms with E-state index in [1.165, 1.54) is 17.0 Å². The lowest BCUT2D eigenvalue weighted by Gasteiger charge is -2.22. The van der Waals surface area contributed by atoms with Gasteiger partial charge in [-0.15, -0.1) is 11.3 Å². The highest BCUT2D eigenvalue weighted by Gasteiger charge is 2.24.